The smallest absolute Gasteiger partial charge is 0.0276 e. The van der Waals surface area contributed by atoms with E-state index in [0.29, 0.717) is 5.66 Å². The summed E-state index contributed by atoms with van der Waals surface area (Å²) in [6.45, 7) is 4.39. The van der Waals surface area contributed by atoms with Gasteiger partial charge < -0.3 is 0 Å². The number of rotatable bonds is 4. The van der Waals surface area contributed by atoms with Gasteiger partial charge in [-0.25, -0.2) is 0 Å². The minimum Gasteiger partial charge on any atom is -0.297 e. The third-order valence-electron chi connectivity index (χ3n) is 1.41. The summed E-state index contributed by atoms with van der Waals surface area (Å²) in [7, 11) is 4.69. The summed E-state index contributed by atoms with van der Waals surface area (Å²) in [5, 5.41) is 0. The maximum Gasteiger partial charge on any atom is 0.0276 e. The zero-order valence-corrected chi connectivity index (χ0v) is 8.38. The lowest BCUT2D eigenvalue weighted by molar-refractivity contribution is 0.921. The van der Waals surface area contributed by atoms with Crippen LogP contribution in [0, 0.1) is 0 Å². The highest BCUT2D eigenvalue weighted by atomic mass is 31.0. The van der Waals surface area contributed by atoms with Crippen LogP contribution in [-0.4, -0.2) is 18.4 Å². The molecule has 0 amide bonds. The van der Waals surface area contributed by atoms with Crippen LogP contribution < -0.4 is 0 Å². The Bertz CT molecular complexity index is 108. The van der Waals surface area contributed by atoms with Gasteiger partial charge in [0.1, 0.15) is 0 Å². The molecule has 0 aromatic carbocycles. The highest BCUT2D eigenvalue weighted by molar-refractivity contribution is 7.17. The Balaban J connectivity index is 3.62. The largest absolute Gasteiger partial charge is 0.297 e. The molecule has 2 unspecified atom stereocenters. The fraction of sp³-hybridized carbons (Fsp3) is 0.875. The molecule has 0 fully saturated rings. The third-order valence-corrected chi connectivity index (χ3v) is 1.65. The molecule has 0 heterocycles. The van der Waals surface area contributed by atoms with E-state index in [1.54, 1.807) is 0 Å². The molecule has 0 rings (SSSR count). The quantitative estimate of drug-likeness (QED) is 0.441. The maximum atomic E-state index is 4.22. The van der Waals surface area contributed by atoms with Crippen LogP contribution in [0.15, 0.2) is 4.99 Å². The van der Waals surface area contributed by atoms with Crippen LogP contribution in [-0.2, 0) is 0 Å². The molecule has 10 heavy (non-hydrogen) atoms. The van der Waals surface area contributed by atoms with E-state index in [1.165, 1.54) is 12.1 Å². The molecular weight excluding hydrogens is 141 g/mol. The zero-order chi connectivity index (χ0) is 7.98. The van der Waals surface area contributed by atoms with Gasteiger partial charge in [-0.15, -0.1) is 9.24 Å². The average molecular weight is 159 g/mol. The lowest BCUT2D eigenvalue weighted by Crippen LogP contribution is -2.03. The second-order valence-corrected chi connectivity index (χ2v) is 3.86. The van der Waals surface area contributed by atoms with Gasteiger partial charge in [0, 0.05) is 12.8 Å². The molecular formula is C8H18NP. The zero-order valence-electron chi connectivity index (χ0n) is 7.22. The van der Waals surface area contributed by atoms with Crippen LogP contribution in [0.25, 0.3) is 0 Å². The van der Waals surface area contributed by atoms with Crippen molar-refractivity contribution in [1.82, 2.24) is 0 Å². The van der Waals surface area contributed by atoms with Crippen molar-refractivity contribution in [2.45, 2.75) is 38.8 Å². The molecule has 1 nitrogen and oxygen atoms in total. The molecule has 0 saturated heterocycles. The van der Waals surface area contributed by atoms with Crippen molar-refractivity contribution in [3.63, 3.8) is 0 Å². The molecule has 0 aliphatic heterocycles. The van der Waals surface area contributed by atoms with Crippen molar-refractivity contribution in [3.05, 3.63) is 0 Å². The molecule has 0 saturated carbocycles. The van der Waals surface area contributed by atoms with Gasteiger partial charge >= 0.3 is 0 Å². The van der Waals surface area contributed by atoms with Crippen LogP contribution in [0.4, 0.5) is 0 Å². The number of hydrogen-bond donors (Lipinski definition) is 0. The molecule has 60 valence electrons. The molecule has 2 heteroatoms. The van der Waals surface area contributed by atoms with E-state index in [9.17, 15) is 0 Å². The highest BCUT2D eigenvalue weighted by Gasteiger charge is 1.99. The van der Waals surface area contributed by atoms with Gasteiger partial charge in [-0.1, -0.05) is 20.3 Å². The van der Waals surface area contributed by atoms with Crippen LogP contribution in [0.5, 0.6) is 0 Å². The number of nitrogens with zero attached hydrogens (tertiary/aromatic N) is 1. The van der Waals surface area contributed by atoms with E-state index >= 15 is 0 Å². The number of aliphatic imine (C=N–C) groups is 1. The minimum absolute atomic E-state index is 0.672. The summed E-state index contributed by atoms with van der Waals surface area (Å²) in [6.07, 6.45) is 3.51. The Morgan fingerprint density at radius 3 is 2.50 bits per heavy atom. The first-order valence-corrected chi connectivity index (χ1v) is 4.57. The summed E-state index contributed by atoms with van der Waals surface area (Å²) in [6, 6.07) is 0. The van der Waals surface area contributed by atoms with Crippen molar-refractivity contribution in [3.8, 4) is 0 Å². The Labute approximate surface area is 66.5 Å². The van der Waals surface area contributed by atoms with Crippen molar-refractivity contribution in [2.75, 3.05) is 7.05 Å². The fourth-order valence-corrected chi connectivity index (χ4v) is 1.24. The first-order valence-electron chi connectivity index (χ1n) is 3.90. The lowest BCUT2D eigenvalue weighted by atomic mass is 10.1. The standard InChI is InChI=1S/C8H18NP/c1-4-5-8(9-3)6-7(2)10/h7H,4-6,10H2,1-3H3. The second kappa shape index (κ2) is 5.85. The first-order chi connectivity index (χ1) is 4.70. The van der Waals surface area contributed by atoms with E-state index in [2.05, 4.69) is 28.1 Å². The highest BCUT2D eigenvalue weighted by Crippen LogP contribution is 2.08. The fourth-order valence-electron chi connectivity index (χ4n) is 0.965. The van der Waals surface area contributed by atoms with Gasteiger partial charge in [-0.05, 0) is 18.5 Å². The minimum atomic E-state index is 0.672. The lowest BCUT2D eigenvalue weighted by Gasteiger charge is -2.05. The summed E-state index contributed by atoms with van der Waals surface area (Å²) in [5.74, 6) is 0. The topological polar surface area (TPSA) is 12.4 Å². The van der Waals surface area contributed by atoms with Crippen molar-refractivity contribution in [1.29, 1.82) is 0 Å². The summed E-state index contributed by atoms with van der Waals surface area (Å²) >= 11 is 0. The molecule has 0 radical (unpaired) electrons. The average Bonchev–Trinajstić information content (AvgIpc) is 1.86. The molecule has 0 aromatic rings. The maximum absolute atomic E-state index is 4.22. The van der Waals surface area contributed by atoms with Crippen molar-refractivity contribution in [2.24, 2.45) is 4.99 Å². The Hall–Kier alpha value is 0.100. The molecule has 0 aromatic heterocycles. The van der Waals surface area contributed by atoms with Crippen LogP contribution >= 0.6 is 9.24 Å². The first kappa shape index (κ1) is 10.1. The van der Waals surface area contributed by atoms with Gasteiger partial charge in [0.05, 0.1) is 0 Å². The summed E-state index contributed by atoms with van der Waals surface area (Å²) < 4.78 is 0. The number of hydrogen-bond acceptors (Lipinski definition) is 1. The Morgan fingerprint density at radius 1 is 1.60 bits per heavy atom. The van der Waals surface area contributed by atoms with Gasteiger partial charge in [0.2, 0.25) is 0 Å². The Kier molecular flexibility index (Phi) is 5.91. The second-order valence-electron chi connectivity index (χ2n) is 2.72. The van der Waals surface area contributed by atoms with E-state index in [0.717, 1.165) is 12.8 Å². The molecule has 0 aliphatic carbocycles. The van der Waals surface area contributed by atoms with Gasteiger partial charge in [0.15, 0.2) is 0 Å². The molecule has 0 spiro atoms. The molecule has 2 atom stereocenters. The van der Waals surface area contributed by atoms with Gasteiger partial charge in [-0.3, -0.25) is 4.99 Å². The SMILES string of the molecule is CCCC(CC(C)P)=NC. The normalized spacial score (nSPS) is 15.4. The third kappa shape index (κ3) is 4.93. The van der Waals surface area contributed by atoms with Crippen molar-refractivity contribution >= 4 is 15.0 Å². The van der Waals surface area contributed by atoms with Gasteiger partial charge in [-0.2, -0.15) is 0 Å². The van der Waals surface area contributed by atoms with E-state index < -0.39 is 0 Å². The van der Waals surface area contributed by atoms with Crippen LogP contribution in [0.2, 0.25) is 0 Å². The predicted octanol–water partition coefficient (Wildman–Crippen LogP) is 2.51. The predicted molar refractivity (Wildman–Crippen MR) is 52.1 cm³/mol. The van der Waals surface area contributed by atoms with Crippen molar-refractivity contribution < 1.29 is 0 Å². The summed E-state index contributed by atoms with van der Waals surface area (Å²) in [4.78, 5) is 4.22. The molecule has 0 aliphatic rings. The van der Waals surface area contributed by atoms with Gasteiger partial charge in [0.25, 0.3) is 0 Å². The molecule has 0 N–H and O–H groups in total. The Morgan fingerprint density at radius 2 is 2.20 bits per heavy atom. The van der Waals surface area contributed by atoms with E-state index in [-0.39, 0.29) is 0 Å². The molecule has 0 bridgehead atoms. The summed E-state index contributed by atoms with van der Waals surface area (Å²) in [5.41, 5.74) is 2.02. The van der Waals surface area contributed by atoms with Crippen LogP contribution in [0.3, 0.4) is 0 Å². The monoisotopic (exact) mass is 159 g/mol. The van der Waals surface area contributed by atoms with Crippen LogP contribution in [0.1, 0.15) is 33.1 Å². The van der Waals surface area contributed by atoms with E-state index in [4.69, 9.17) is 0 Å². The van der Waals surface area contributed by atoms with E-state index in [1.807, 2.05) is 7.05 Å².